The van der Waals surface area contributed by atoms with Crippen molar-refractivity contribution in [2.75, 3.05) is 25.3 Å². The SMILES string of the molecule is COc1cccc(OCCCn2cc(C=C(C#N)C(=O)Nc3nc(S(C)(=O)=O)ns3)c3ccccc32)c1. The fourth-order valence-corrected chi connectivity index (χ4v) is 5.01. The number of aromatic nitrogens is 3. The van der Waals surface area contributed by atoms with Crippen molar-refractivity contribution >= 4 is 49.4 Å². The van der Waals surface area contributed by atoms with Crippen molar-refractivity contribution in [2.24, 2.45) is 0 Å². The van der Waals surface area contributed by atoms with Crippen LogP contribution in [0.1, 0.15) is 12.0 Å². The van der Waals surface area contributed by atoms with E-state index in [0.29, 0.717) is 18.7 Å². The lowest BCUT2D eigenvalue weighted by molar-refractivity contribution is -0.112. The van der Waals surface area contributed by atoms with E-state index in [0.717, 1.165) is 46.6 Å². The van der Waals surface area contributed by atoms with Gasteiger partial charge in [0.2, 0.25) is 15.0 Å². The molecule has 0 fully saturated rings. The number of nitrogens with one attached hydrogen (secondary N) is 1. The predicted molar refractivity (Wildman–Crippen MR) is 140 cm³/mol. The lowest BCUT2D eigenvalue weighted by Crippen LogP contribution is -2.13. The molecule has 0 saturated carbocycles. The Bertz CT molecular complexity index is 1620. The molecule has 2 heterocycles. The van der Waals surface area contributed by atoms with E-state index in [1.54, 1.807) is 7.11 Å². The molecule has 0 aliphatic carbocycles. The lowest BCUT2D eigenvalue weighted by atomic mass is 10.1. The van der Waals surface area contributed by atoms with E-state index in [2.05, 4.69) is 14.7 Å². The summed E-state index contributed by atoms with van der Waals surface area (Å²) in [6.07, 6.45) is 5.08. The number of para-hydroxylation sites is 1. The Kier molecular flexibility index (Phi) is 7.86. The van der Waals surface area contributed by atoms with Gasteiger partial charge in [0.05, 0.1) is 13.7 Å². The maximum Gasteiger partial charge on any atom is 0.268 e. The Morgan fingerprint density at radius 3 is 2.73 bits per heavy atom. The minimum absolute atomic E-state index is 0.00922. The second kappa shape index (κ2) is 11.2. The molecule has 0 aliphatic heterocycles. The second-order valence-electron chi connectivity index (χ2n) is 7.95. The molecule has 12 heteroatoms. The number of hydrogen-bond donors (Lipinski definition) is 1. The number of hydrogen-bond acceptors (Lipinski definition) is 9. The number of amides is 1. The van der Waals surface area contributed by atoms with E-state index >= 15 is 0 Å². The lowest BCUT2D eigenvalue weighted by Gasteiger charge is -2.09. The van der Waals surface area contributed by atoms with Crippen molar-refractivity contribution in [3.8, 4) is 17.6 Å². The molecule has 0 saturated heterocycles. The third kappa shape index (κ3) is 6.32. The number of nitrogens with zero attached hydrogens (tertiary/aromatic N) is 4. The molecule has 0 unspecified atom stereocenters. The Hall–Kier alpha value is -4.21. The molecule has 0 bridgehead atoms. The number of fused-ring (bicyclic) bond motifs is 1. The third-order valence-corrected chi connectivity index (χ3v) is 6.89. The second-order valence-corrected chi connectivity index (χ2v) is 10.6. The van der Waals surface area contributed by atoms with Crippen LogP contribution in [0.15, 0.2) is 65.5 Å². The first-order valence-electron chi connectivity index (χ1n) is 11.1. The number of sulfone groups is 1. The molecule has 190 valence electrons. The fourth-order valence-electron chi connectivity index (χ4n) is 3.57. The van der Waals surface area contributed by atoms with Gasteiger partial charge >= 0.3 is 0 Å². The largest absolute Gasteiger partial charge is 0.497 e. The van der Waals surface area contributed by atoms with Gasteiger partial charge in [-0.3, -0.25) is 10.1 Å². The zero-order valence-corrected chi connectivity index (χ0v) is 21.7. The van der Waals surface area contributed by atoms with Gasteiger partial charge in [0.15, 0.2) is 0 Å². The average molecular weight is 538 g/mol. The number of benzene rings is 2. The molecule has 2 aromatic heterocycles. The molecule has 4 rings (SSSR count). The molecule has 0 aliphatic rings. The first kappa shape index (κ1) is 25.9. The summed E-state index contributed by atoms with van der Waals surface area (Å²) in [5.74, 6) is 0.746. The summed E-state index contributed by atoms with van der Waals surface area (Å²) in [4.78, 5) is 16.5. The monoisotopic (exact) mass is 537 g/mol. The van der Waals surface area contributed by atoms with Crippen molar-refractivity contribution in [3.63, 3.8) is 0 Å². The number of carbonyl (C=O) groups is 1. The van der Waals surface area contributed by atoms with E-state index in [4.69, 9.17) is 9.47 Å². The summed E-state index contributed by atoms with van der Waals surface area (Å²) in [6, 6.07) is 17.0. The van der Waals surface area contributed by atoms with Crippen LogP contribution in [0, 0.1) is 11.3 Å². The molecular formula is C25H23N5O5S2. The van der Waals surface area contributed by atoms with Crippen molar-refractivity contribution in [3.05, 3.63) is 65.9 Å². The topological polar surface area (TPSA) is 136 Å². The maximum absolute atomic E-state index is 12.7. The summed E-state index contributed by atoms with van der Waals surface area (Å²) in [5, 5.41) is 12.6. The fraction of sp³-hybridized carbons (Fsp3) is 0.200. The predicted octanol–water partition coefficient (Wildman–Crippen LogP) is 3.92. The van der Waals surface area contributed by atoms with Crippen molar-refractivity contribution < 1.29 is 22.7 Å². The number of carbonyl (C=O) groups excluding carboxylic acids is 1. The van der Waals surface area contributed by atoms with Crippen LogP contribution in [0.2, 0.25) is 0 Å². The van der Waals surface area contributed by atoms with E-state index in [1.165, 1.54) is 6.08 Å². The van der Waals surface area contributed by atoms with Crippen molar-refractivity contribution in [1.29, 1.82) is 5.26 Å². The van der Waals surface area contributed by atoms with E-state index in [1.807, 2.05) is 65.4 Å². The van der Waals surface area contributed by atoms with Gasteiger partial charge in [0.1, 0.15) is 23.1 Å². The van der Waals surface area contributed by atoms with Gasteiger partial charge in [-0.15, -0.1) is 0 Å². The Labute approximate surface area is 217 Å². The maximum atomic E-state index is 12.7. The van der Waals surface area contributed by atoms with Gasteiger partial charge in [-0.2, -0.15) is 14.6 Å². The van der Waals surface area contributed by atoms with Crippen LogP contribution in [-0.4, -0.2) is 48.2 Å². The molecule has 1 N–H and O–H groups in total. The van der Waals surface area contributed by atoms with E-state index in [-0.39, 0.29) is 15.9 Å². The van der Waals surface area contributed by atoms with Gasteiger partial charge in [-0.05, 0) is 30.7 Å². The van der Waals surface area contributed by atoms with Crippen LogP contribution in [0.5, 0.6) is 11.5 Å². The molecule has 10 nitrogen and oxygen atoms in total. The Morgan fingerprint density at radius 2 is 2.00 bits per heavy atom. The average Bonchev–Trinajstić information content (AvgIpc) is 3.50. The summed E-state index contributed by atoms with van der Waals surface area (Å²) in [6.45, 7) is 1.15. The zero-order valence-electron chi connectivity index (χ0n) is 20.0. The van der Waals surface area contributed by atoms with Gasteiger partial charge in [0.25, 0.3) is 11.1 Å². The van der Waals surface area contributed by atoms with Crippen molar-refractivity contribution in [2.45, 2.75) is 18.1 Å². The number of methoxy groups -OCH3 is 1. The third-order valence-electron chi connectivity index (χ3n) is 5.30. The summed E-state index contributed by atoms with van der Waals surface area (Å²) < 4.78 is 40.0. The standard InChI is InChI=1S/C25H23N5O5S2/c1-34-19-7-5-8-20(14-19)35-12-6-11-30-16-18(21-9-3-4-10-22(21)30)13-17(15-26)23(31)27-24-28-25(29-36-24)37(2,32)33/h3-5,7-10,13-14,16H,6,11-12H2,1-2H3,(H,27,28,29,31). The van der Waals surface area contributed by atoms with Crippen LogP contribution in [0.25, 0.3) is 17.0 Å². The van der Waals surface area contributed by atoms with E-state index in [9.17, 15) is 18.5 Å². The van der Waals surface area contributed by atoms with Crippen LogP contribution in [0.3, 0.4) is 0 Å². The highest BCUT2D eigenvalue weighted by atomic mass is 32.2. The van der Waals surface area contributed by atoms with Gasteiger partial charge in [-0.25, -0.2) is 8.42 Å². The number of nitriles is 1. The normalized spacial score (nSPS) is 11.8. The van der Waals surface area contributed by atoms with Gasteiger partial charge < -0.3 is 14.0 Å². The summed E-state index contributed by atoms with van der Waals surface area (Å²) >= 11 is 0.725. The minimum atomic E-state index is -3.60. The quantitative estimate of drug-likeness (QED) is 0.183. The first-order valence-corrected chi connectivity index (χ1v) is 13.8. The highest BCUT2D eigenvalue weighted by Crippen LogP contribution is 2.25. The molecule has 0 spiro atoms. The zero-order chi connectivity index (χ0) is 26.4. The Balaban J connectivity index is 1.48. The molecule has 0 atom stereocenters. The van der Waals surface area contributed by atoms with Crippen molar-refractivity contribution in [1.82, 2.24) is 13.9 Å². The molecule has 2 aromatic carbocycles. The molecule has 0 radical (unpaired) electrons. The minimum Gasteiger partial charge on any atom is -0.497 e. The number of anilines is 1. The molecule has 1 amide bonds. The number of aryl methyl sites for hydroxylation is 1. The highest BCUT2D eigenvalue weighted by Gasteiger charge is 2.18. The van der Waals surface area contributed by atoms with Crippen LogP contribution >= 0.6 is 11.5 Å². The number of ether oxygens (including phenoxy) is 2. The van der Waals surface area contributed by atoms with Crippen LogP contribution in [0.4, 0.5) is 5.13 Å². The summed E-state index contributed by atoms with van der Waals surface area (Å²) in [7, 11) is -2.00. The smallest absolute Gasteiger partial charge is 0.268 e. The van der Waals surface area contributed by atoms with Gasteiger partial charge in [-0.1, -0.05) is 24.3 Å². The van der Waals surface area contributed by atoms with E-state index < -0.39 is 15.7 Å². The molecular weight excluding hydrogens is 514 g/mol. The van der Waals surface area contributed by atoms with Gasteiger partial charge in [0, 0.05) is 53.1 Å². The van der Waals surface area contributed by atoms with Crippen LogP contribution < -0.4 is 14.8 Å². The highest BCUT2D eigenvalue weighted by molar-refractivity contribution is 7.90. The van der Waals surface area contributed by atoms with Crippen LogP contribution in [-0.2, 0) is 21.2 Å². The number of rotatable bonds is 10. The summed E-state index contributed by atoms with van der Waals surface area (Å²) in [5.41, 5.74) is 1.50. The Morgan fingerprint density at radius 1 is 1.22 bits per heavy atom. The molecule has 4 aromatic rings. The molecule has 37 heavy (non-hydrogen) atoms. The first-order chi connectivity index (χ1) is 17.8.